The van der Waals surface area contributed by atoms with Crippen LogP contribution in [0.15, 0.2) is 0 Å². The van der Waals surface area contributed by atoms with Crippen molar-refractivity contribution < 1.29 is 17.9 Å². The summed E-state index contributed by atoms with van der Waals surface area (Å²) in [4.78, 5) is 11.7. The molecule has 0 aromatic heterocycles. The summed E-state index contributed by atoms with van der Waals surface area (Å²) in [6, 6.07) is 0.457. The monoisotopic (exact) mass is 318 g/mol. The van der Waals surface area contributed by atoms with Gasteiger partial charge in [-0.2, -0.15) is 0 Å². The Hall–Kier alpha value is -0.820. The van der Waals surface area contributed by atoms with E-state index in [0.29, 0.717) is 6.42 Å². The fraction of sp³-hybridized carbons (Fsp3) is 0.929. The molecule has 7 heteroatoms. The number of amides is 1. The number of hydrogen-bond donors (Lipinski definition) is 2. The van der Waals surface area contributed by atoms with Gasteiger partial charge in [-0.3, -0.25) is 0 Å². The summed E-state index contributed by atoms with van der Waals surface area (Å²) < 4.78 is 28.1. The van der Waals surface area contributed by atoms with Crippen LogP contribution < -0.4 is 10.6 Å². The van der Waals surface area contributed by atoms with E-state index in [-0.39, 0.29) is 35.7 Å². The molecule has 3 atom stereocenters. The highest BCUT2D eigenvalue weighted by Gasteiger charge is 2.33. The summed E-state index contributed by atoms with van der Waals surface area (Å²) in [5.41, 5.74) is -0.488. The van der Waals surface area contributed by atoms with E-state index in [2.05, 4.69) is 10.6 Å². The summed E-state index contributed by atoms with van der Waals surface area (Å²) in [5.74, 6) is 0.532. The van der Waals surface area contributed by atoms with E-state index < -0.39 is 15.4 Å². The van der Waals surface area contributed by atoms with Crippen molar-refractivity contribution in [2.45, 2.75) is 70.2 Å². The van der Waals surface area contributed by atoms with Gasteiger partial charge in [-0.25, -0.2) is 13.2 Å². The summed E-state index contributed by atoms with van der Waals surface area (Å²) >= 11 is 0. The maximum Gasteiger partial charge on any atom is 0.407 e. The first kappa shape index (κ1) is 16.5. The number of carbonyl (C=O) groups is 1. The van der Waals surface area contributed by atoms with Gasteiger partial charge in [-0.05, 0) is 46.5 Å². The van der Waals surface area contributed by atoms with Crippen molar-refractivity contribution in [2.75, 3.05) is 11.5 Å². The van der Waals surface area contributed by atoms with Crippen LogP contribution in [0.1, 0.15) is 46.5 Å². The van der Waals surface area contributed by atoms with Crippen LogP contribution in [0.25, 0.3) is 0 Å². The summed E-state index contributed by atoms with van der Waals surface area (Å²) in [7, 11) is -2.84. The lowest BCUT2D eigenvalue weighted by Crippen LogP contribution is -2.41. The Morgan fingerprint density at radius 1 is 1.10 bits per heavy atom. The van der Waals surface area contributed by atoms with Gasteiger partial charge >= 0.3 is 6.09 Å². The Morgan fingerprint density at radius 3 is 2.33 bits per heavy atom. The lowest BCUT2D eigenvalue weighted by Gasteiger charge is -2.22. The second kappa shape index (κ2) is 6.12. The van der Waals surface area contributed by atoms with Crippen LogP contribution in [-0.2, 0) is 14.6 Å². The highest BCUT2D eigenvalue weighted by molar-refractivity contribution is 7.91. The van der Waals surface area contributed by atoms with Gasteiger partial charge in [0.25, 0.3) is 0 Å². The molecule has 0 spiro atoms. The molecule has 2 aliphatic rings. The normalized spacial score (nSPS) is 32.0. The third-order valence-corrected chi connectivity index (χ3v) is 5.63. The van der Waals surface area contributed by atoms with Crippen molar-refractivity contribution in [3.8, 4) is 0 Å². The minimum Gasteiger partial charge on any atom is -0.444 e. The van der Waals surface area contributed by atoms with Gasteiger partial charge in [0, 0.05) is 18.1 Å². The molecule has 0 aromatic rings. The van der Waals surface area contributed by atoms with Gasteiger partial charge in [0.2, 0.25) is 0 Å². The fourth-order valence-electron chi connectivity index (χ4n) is 3.00. The van der Waals surface area contributed by atoms with E-state index in [4.69, 9.17) is 4.74 Å². The van der Waals surface area contributed by atoms with E-state index >= 15 is 0 Å². The number of nitrogens with one attached hydrogen (secondary N) is 2. The standard InChI is InChI=1S/C14H26N2O4S/c1-14(2,3)20-13(17)16-11-5-4-10(8-11)15-12-6-7-21(18,19)9-12/h10-12,15H,4-9H2,1-3H3,(H,16,17). The van der Waals surface area contributed by atoms with Crippen LogP contribution >= 0.6 is 0 Å². The third-order valence-electron chi connectivity index (χ3n) is 3.86. The molecule has 2 fully saturated rings. The minimum atomic E-state index is -2.84. The molecule has 0 bridgehead atoms. The summed E-state index contributed by atoms with van der Waals surface area (Å²) in [6.45, 7) is 5.52. The number of alkyl carbamates (subject to hydrolysis) is 1. The molecule has 1 saturated heterocycles. The Labute approximate surface area is 126 Å². The number of rotatable bonds is 3. The zero-order chi connectivity index (χ0) is 15.7. The zero-order valence-corrected chi connectivity index (χ0v) is 13.8. The Bertz CT molecular complexity index is 484. The van der Waals surface area contributed by atoms with Gasteiger partial charge in [0.1, 0.15) is 5.60 Å². The smallest absolute Gasteiger partial charge is 0.407 e. The van der Waals surface area contributed by atoms with Crippen LogP contribution in [0.3, 0.4) is 0 Å². The second-order valence-electron chi connectivity index (χ2n) is 7.12. The maximum atomic E-state index is 11.7. The number of carbonyl (C=O) groups excluding carboxylic acids is 1. The first-order valence-corrected chi connectivity index (χ1v) is 9.41. The molecular formula is C14H26N2O4S. The highest BCUT2D eigenvalue weighted by atomic mass is 32.2. The molecule has 0 aromatic carbocycles. The van der Waals surface area contributed by atoms with Crippen molar-refractivity contribution in [1.29, 1.82) is 0 Å². The van der Waals surface area contributed by atoms with Crippen LogP contribution in [0.2, 0.25) is 0 Å². The van der Waals surface area contributed by atoms with Gasteiger partial charge < -0.3 is 15.4 Å². The van der Waals surface area contributed by atoms with Crippen molar-refractivity contribution >= 4 is 15.9 Å². The number of ether oxygens (including phenoxy) is 1. The Balaban J connectivity index is 1.73. The summed E-state index contributed by atoms with van der Waals surface area (Å²) in [5, 5.41) is 6.30. The molecule has 21 heavy (non-hydrogen) atoms. The number of sulfone groups is 1. The van der Waals surface area contributed by atoms with Gasteiger partial charge in [0.15, 0.2) is 9.84 Å². The molecule has 122 valence electrons. The van der Waals surface area contributed by atoms with Crippen molar-refractivity contribution in [1.82, 2.24) is 10.6 Å². The molecular weight excluding hydrogens is 292 g/mol. The molecule has 6 nitrogen and oxygen atoms in total. The highest BCUT2D eigenvalue weighted by Crippen LogP contribution is 2.22. The van der Waals surface area contributed by atoms with Crippen molar-refractivity contribution in [3.63, 3.8) is 0 Å². The lowest BCUT2D eigenvalue weighted by atomic mass is 10.2. The van der Waals surface area contributed by atoms with E-state index in [1.54, 1.807) is 0 Å². The van der Waals surface area contributed by atoms with E-state index in [1.807, 2.05) is 20.8 Å². The topological polar surface area (TPSA) is 84.5 Å². The maximum absolute atomic E-state index is 11.7. The Morgan fingerprint density at radius 2 is 1.76 bits per heavy atom. The largest absolute Gasteiger partial charge is 0.444 e. The predicted octanol–water partition coefficient (Wildman–Crippen LogP) is 1.21. The predicted molar refractivity (Wildman–Crippen MR) is 81.0 cm³/mol. The SMILES string of the molecule is CC(C)(C)OC(=O)NC1CCC(NC2CCS(=O)(=O)C2)C1. The molecule has 2 N–H and O–H groups in total. The Kier molecular flexibility index (Phi) is 4.82. The van der Waals surface area contributed by atoms with E-state index in [0.717, 1.165) is 19.3 Å². The van der Waals surface area contributed by atoms with Crippen LogP contribution in [0, 0.1) is 0 Å². The lowest BCUT2D eigenvalue weighted by molar-refractivity contribution is 0.0505. The third kappa shape index (κ3) is 5.47. The molecule has 1 amide bonds. The van der Waals surface area contributed by atoms with Gasteiger partial charge in [-0.1, -0.05) is 0 Å². The van der Waals surface area contributed by atoms with Crippen molar-refractivity contribution in [2.24, 2.45) is 0 Å². The number of hydrogen-bond acceptors (Lipinski definition) is 5. The average Bonchev–Trinajstić information content (AvgIpc) is 2.83. The molecule has 2 rings (SSSR count). The summed E-state index contributed by atoms with van der Waals surface area (Å²) in [6.07, 6.45) is 3.00. The van der Waals surface area contributed by atoms with Crippen LogP contribution in [0.5, 0.6) is 0 Å². The first-order valence-electron chi connectivity index (χ1n) is 7.59. The molecule has 1 saturated carbocycles. The van der Waals surface area contributed by atoms with Crippen LogP contribution in [0.4, 0.5) is 4.79 Å². The quantitative estimate of drug-likeness (QED) is 0.817. The van der Waals surface area contributed by atoms with Gasteiger partial charge in [0.05, 0.1) is 11.5 Å². The van der Waals surface area contributed by atoms with E-state index in [1.165, 1.54) is 0 Å². The molecule has 0 radical (unpaired) electrons. The fourth-order valence-corrected chi connectivity index (χ4v) is 4.68. The first-order chi connectivity index (χ1) is 9.63. The zero-order valence-electron chi connectivity index (χ0n) is 13.0. The minimum absolute atomic E-state index is 0.0697. The molecule has 1 aliphatic heterocycles. The second-order valence-corrected chi connectivity index (χ2v) is 9.35. The molecule has 1 aliphatic carbocycles. The van der Waals surface area contributed by atoms with Gasteiger partial charge in [-0.15, -0.1) is 0 Å². The van der Waals surface area contributed by atoms with Crippen LogP contribution in [-0.4, -0.2) is 49.7 Å². The molecule has 3 unspecified atom stereocenters. The average molecular weight is 318 g/mol. The van der Waals surface area contributed by atoms with E-state index in [9.17, 15) is 13.2 Å². The molecule has 1 heterocycles. The van der Waals surface area contributed by atoms with Crippen molar-refractivity contribution in [3.05, 3.63) is 0 Å².